The number of aryl methyl sites for hydroxylation is 1. The molecule has 0 aliphatic carbocycles. The number of benzene rings is 2. The molecule has 1 amide bonds. The Kier molecular flexibility index (Phi) is 4.51. The normalized spacial score (nSPS) is 12.9. The van der Waals surface area contributed by atoms with Crippen LogP contribution in [0.1, 0.15) is 28.0 Å². The van der Waals surface area contributed by atoms with E-state index >= 15 is 0 Å². The zero-order valence-electron chi connectivity index (χ0n) is 16.1. The first kappa shape index (κ1) is 18.1. The summed E-state index contributed by atoms with van der Waals surface area (Å²) in [6.45, 7) is 1.23. The smallest absolute Gasteiger partial charge is 0.252 e. The van der Waals surface area contributed by atoms with E-state index in [2.05, 4.69) is 20.4 Å². The fourth-order valence-corrected chi connectivity index (χ4v) is 3.56. The number of nitrogens with two attached hydrogens (primary N) is 1. The van der Waals surface area contributed by atoms with Crippen molar-refractivity contribution in [2.75, 3.05) is 11.9 Å². The number of primary amides is 1. The van der Waals surface area contributed by atoms with Gasteiger partial charge in [-0.2, -0.15) is 0 Å². The lowest BCUT2D eigenvalue weighted by Crippen LogP contribution is -2.15. The first-order valence-corrected chi connectivity index (χ1v) is 9.71. The number of fused-ring (bicyclic) bond motifs is 2. The number of carbonyl (C=O) groups excluding carboxylic acids is 1. The fraction of sp³-hybridized carbons (Fsp3) is 0.182. The van der Waals surface area contributed by atoms with Crippen LogP contribution in [0.4, 0.5) is 5.82 Å². The lowest BCUT2D eigenvalue weighted by molar-refractivity contribution is 0.100. The number of nitrogens with one attached hydrogen (secondary N) is 1. The molecule has 2 aromatic heterocycles. The minimum atomic E-state index is -0.576. The van der Waals surface area contributed by atoms with Gasteiger partial charge in [0, 0.05) is 6.54 Å². The molecular formula is C22H19N5O3. The standard InChI is InChI=1S/C22H19N5O3/c23-20(28)15-9-4-8-14-17(27-30-18(14)15)21-25-16-10-5-11-29-19(16)22(26-21)24-12-13-6-2-1-3-7-13/h1-4,6-9H,5,10-12H2,(H2,23,28)(H,24,25,26). The zero-order chi connectivity index (χ0) is 20.5. The molecule has 0 atom stereocenters. The van der Waals surface area contributed by atoms with Crippen molar-refractivity contribution in [1.29, 1.82) is 0 Å². The summed E-state index contributed by atoms with van der Waals surface area (Å²) in [5.41, 5.74) is 8.47. The van der Waals surface area contributed by atoms with Crippen LogP contribution in [0.5, 0.6) is 5.75 Å². The second kappa shape index (κ2) is 7.47. The highest BCUT2D eigenvalue weighted by atomic mass is 16.5. The summed E-state index contributed by atoms with van der Waals surface area (Å²) in [6, 6.07) is 15.2. The van der Waals surface area contributed by atoms with Crippen molar-refractivity contribution in [3.05, 3.63) is 65.4 Å². The Morgan fingerprint density at radius 1 is 1.10 bits per heavy atom. The average Bonchev–Trinajstić information content (AvgIpc) is 3.22. The molecule has 0 radical (unpaired) electrons. The van der Waals surface area contributed by atoms with Crippen LogP contribution in [-0.2, 0) is 13.0 Å². The average molecular weight is 401 g/mol. The number of anilines is 1. The highest BCUT2D eigenvalue weighted by molar-refractivity contribution is 6.06. The highest BCUT2D eigenvalue weighted by Gasteiger charge is 2.23. The van der Waals surface area contributed by atoms with E-state index in [1.54, 1.807) is 12.1 Å². The van der Waals surface area contributed by atoms with E-state index in [9.17, 15) is 4.79 Å². The molecule has 5 rings (SSSR count). The van der Waals surface area contributed by atoms with Gasteiger partial charge in [0.05, 0.1) is 23.3 Å². The van der Waals surface area contributed by atoms with Gasteiger partial charge in [0.1, 0.15) is 0 Å². The Hall–Kier alpha value is -3.94. The van der Waals surface area contributed by atoms with Crippen molar-refractivity contribution in [2.45, 2.75) is 19.4 Å². The molecule has 0 unspecified atom stereocenters. The van der Waals surface area contributed by atoms with Crippen LogP contribution in [0.25, 0.3) is 22.5 Å². The number of para-hydroxylation sites is 1. The third-order valence-corrected chi connectivity index (χ3v) is 5.02. The van der Waals surface area contributed by atoms with Crippen molar-refractivity contribution in [3.63, 3.8) is 0 Å². The maximum Gasteiger partial charge on any atom is 0.252 e. The van der Waals surface area contributed by atoms with Crippen molar-refractivity contribution in [2.24, 2.45) is 5.73 Å². The number of hydrogen-bond donors (Lipinski definition) is 2. The first-order valence-electron chi connectivity index (χ1n) is 9.71. The van der Waals surface area contributed by atoms with Gasteiger partial charge in [-0.3, -0.25) is 4.79 Å². The van der Waals surface area contributed by atoms with E-state index in [1.165, 1.54) is 0 Å². The highest BCUT2D eigenvalue weighted by Crippen LogP contribution is 2.35. The van der Waals surface area contributed by atoms with Crippen molar-refractivity contribution >= 4 is 22.7 Å². The predicted molar refractivity (Wildman–Crippen MR) is 111 cm³/mol. The molecule has 3 heterocycles. The van der Waals surface area contributed by atoms with Crippen LogP contribution in [0.15, 0.2) is 53.1 Å². The zero-order valence-corrected chi connectivity index (χ0v) is 16.1. The van der Waals surface area contributed by atoms with Gasteiger partial charge in [-0.25, -0.2) is 9.97 Å². The Morgan fingerprint density at radius 3 is 2.80 bits per heavy atom. The molecule has 0 saturated carbocycles. The molecule has 8 heteroatoms. The van der Waals surface area contributed by atoms with Crippen LogP contribution >= 0.6 is 0 Å². The maximum absolute atomic E-state index is 11.7. The second-order valence-corrected chi connectivity index (χ2v) is 7.04. The minimum Gasteiger partial charge on any atom is -0.488 e. The summed E-state index contributed by atoms with van der Waals surface area (Å²) in [7, 11) is 0. The lowest BCUT2D eigenvalue weighted by Gasteiger charge is -2.20. The molecule has 150 valence electrons. The van der Waals surface area contributed by atoms with Crippen LogP contribution in [0.2, 0.25) is 0 Å². The second-order valence-electron chi connectivity index (χ2n) is 7.04. The van der Waals surface area contributed by atoms with Gasteiger partial charge in [0.15, 0.2) is 28.7 Å². The molecule has 0 bridgehead atoms. The Labute approximate surface area is 172 Å². The molecule has 0 spiro atoms. The molecule has 3 N–H and O–H groups in total. The Balaban J connectivity index is 1.58. The predicted octanol–water partition coefficient (Wildman–Crippen LogP) is 3.32. The van der Waals surface area contributed by atoms with Gasteiger partial charge in [-0.1, -0.05) is 41.6 Å². The van der Waals surface area contributed by atoms with Crippen molar-refractivity contribution in [1.82, 2.24) is 15.1 Å². The topological polar surface area (TPSA) is 116 Å². The van der Waals surface area contributed by atoms with Gasteiger partial charge in [-0.15, -0.1) is 0 Å². The van der Waals surface area contributed by atoms with E-state index < -0.39 is 5.91 Å². The number of carbonyl (C=O) groups is 1. The van der Waals surface area contributed by atoms with Crippen molar-refractivity contribution in [3.8, 4) is 17.3 Å². The molecule has 30 heavy (non-hydrogen) atoms. The summed E-state index contributed by atoms with van der Waals surface area (Å²) in [6.07, 6.45) is 1.67. The van der Waals surface area contributed by atoms with E-state index in [4.69, 9.17) is 15.0 Å². The number of amides is 1. The largest absolute Gasteiger partial charge is 0.488 e. The summed E-state index contributed by atoms with van der Waals surface area (Å²) < 4.78 is 11.3. The first-order chi connectivity index (χ1) is 14.7. The summed E-state index contributed by atoms with van der Waals surface area (Å²) in [5.74, 6) is 1.12. The molecule has 1 aliphatic rings. The molecule has 0 fully saturated rings. The van der Waals surface area contributed by atoms with E-state index in [0.717, 1.165) is 24.1 Å². The monoisotopic (exact) mass is 401 g/mol. The SMILES string of the molecule is NC(=O)c1cccc2c(-c3nc4c(c(NCc5ccccc5)n3)OCCC4)noc12. The molecule has 8 nitrogen and oxygen atoms in total. The molecule has 0 saturated heterocycles. The van der Waals surface area contributed by atoms with E-state index in [-0.39, 0.29) is 5.56 Å². The third-order valence-electron chi connectivity index (χ3n) is 5.02. The summed E-state index contributed by atoms with van der Waals surface area (Å²) >= 11 is 0. The van der Waals surface area contributed by atoms with Crippen LogP contribution in [-0.4, -0.2) is 27.6 Å². The third kappa shape index (κ3) is 3.22. The molecule has 2 aromatic carbocycles. The number of rotatable bonds is 5. The fourth-order valence-electron chi connectivity index (χ4n) is 3.56. The minimum absolute atomic E-state index is 0.273. The van der Waals surface area contributed by atoms with Gasteiger partial charge in [0.25, 0.3) is 5.91 Å². The van der Waals surface area contributed by atoms with Gasteiger partial charge < -0.3 is 20.3 Å². The Morgan fingerprint density at radius 2 is 1.97 bits per heavy atom. The van der Waals surface area contributed by atoms with E-state index in [1.807, 2.05) is 36.4 Å². The lowest BCUT2D eigenvalue weighted by atomic mass is 10.1. The maximum atomic E-state index is 11.7. The summed E-state index contributed by atoms with van der Waals surface area (Å²) in [4.78, 5) is 21.1. The van der Waals surface area contributed by atoms with E-state index in [0.29, 0.717) is 47.2 Å². The van der Waals surface area contributed by atoms with Crippen LogP contribution in [0.3, 0.4) is 0 Å². The van der Waals surface area contributed by atoms with Crippen molar-refractivity contribution < 1.29 is 14.1 Å². The number of aromatic nitrogens is 3. The number of hydrogen-bond acceptors (Lipinski definition) is 7. The molecule has 4 aromatic rings. The number of ether oxygens (including phenoxy) is 1. The van der Waals surface area contributed by atoms with Gasteiger partial charge >= 0.3 is 0 Å². The number of nitrogens with zero attached hydrogens (tertiary/aromatic N) is 3. The Bertz CT molecular complexity index is 1240. The van der Waals surface area contributed by atoms with Crippen LogP contribution < -0.4 is 15.8 Å². The van der Waals surface area contributed by atoms with Crippen LogP contribution in [0, 0.1) is 0 Å². The molecule has 1 aliphatic heterocycles. The molecular weight excluding hydrogens is 382 g/mol. The summed E-state index contributed by atoms with van der Waals surface area (Å²) in [5, 5.41) is 8.14. The quantitative estimate of drug-likeness (QED) is 0.527. The van der Waals surface area contributed by atoms with Gasteiger partial charge in [-0.05, 0) is 30.5 Å². The van der Waals surface area contributed by atoms with Gasteiger partial charge in [0.2, 0.25) is 0 Å².